The molecule has 1 unspecified atom stereocenters. The Morgan fingerprint density at radius 3 is 2.25 bits per heavy atom. The number of nitrogens with one attached hydrogen (secondary N) is 2. The monoisotopic (exact) mass is 170 g/mol. The third-order valence-corrected chi connectivity index (χ3v) is 1.71. The van der Waals surface area contributed by atoms with Crippen molar-refractivity contribution in [2.24, 2.45) is 0 Å². The lowest BCUT2D eigenvalue weighted by atomic mass is 10.3. The predicted octanol–water partition coefficient (Wildman–Crippen LogP) is 2.23. The maximum Gasteiger partial charge on any atom is 0.0738 e. The van der Waals surface area contributed by atoms with E-state index in [0.717, 1.165) is 6.42 Å². The van der Waals surface area contributed by atoms with E-state index in [2.05, 4.69) is 51.3 Å². The minimum Gasteiger partial charge on any atom is -0.374 e. The molecule has 12 heavy (non-hydrogen) atoms. The Hall–Kier alpha value is -0.500. The van der Waals surface area contributed by atoms with Crippen molar-refractivity contribution in [3.8, 4) is 0 Å². The Kier molecular flexibility index (Phi) is 5.81. The van der Waals surface area contributed by atoms with E-state index in [1.54, 1.807) is 0 Å². The third kappa shape index (κ3) is 5.19. The fourth-order valence-corrected chi connectivity index (χ4v) is 1.21. The van der Waals surface area contributed by atoms with Gasteiger partial charge < -0.3 is 5.32 Å². The second-order valence-corrected chi connectivity index (χ2v) is 3.35. The average Bonchev–Trinajstić information content (AvgIpc) is 1.98. The van der Waals surface area contributed by atoms with Crippen LogP contribution < -0.4 is 10.6 Å². The minimum atomic E-state index is 0.358. The highest BCUT2D eigenvalue weighted by atomic mass is 15.1. The third-order valence-electron chi connectivity index (χ3n) is 1.71. The van der Waals surface area contributed by atoms with Gasteiger partial charge in [0.25, 0.3) is 0 Å². The standard InChI is InChI=1S/C10H22N2/c1-6-10(7-2)12-9(5)11-8(3)4/h6,8-9,11-12H,7H2,1-5H3/b10-6+. The van der Waals surface area contributed by atoms with Crippen molar-refractivity contribution < 1.29 is 0 Å². The van der Waals surface area contributed by atoms with E-state index in [1.807, 2.05) is 0 Å². The summed E-state index contributed by atoms with van der Waals surface area (Å²) in [5, 5.41) is 6.79. The van der Waals surface area contributed by atoms with Crippen molar-refractivity contribution in [1.29, 1.82) is 0 Å². The smallest absolute Gasteiger partial charge is 0.0738 e. The maximum absolute atomic E-state index is 3.40. The predicted molar refractivity (Wildman–Crippen MR) is 54.9 cm³/mol. The van der Waals surface area contributed by atoms with Gasteiger partial charge in [-0.15, -0.1) is 0 Å². The van der Waals surface area contributed by atoms with Crippen LogP contribution in [0, 0.1) is 0 Å². The van der Waals surface area contributed by atoms with Gasteiger partial charge in [0.1, 0.15) is 0 Å². The lowest BCUT2D eigenvalue weighted by molar-refractivity contribution is 0.443. The summed E-state index contributed by atoms with van der Waals surface area (Å²) in [4.78, 5) is 0. The van der Waals surface area contributed by atoms with Crippen molar-refractivity contribution in [2.45, 2.75) is 53.2 Å². The molecule has 0 saturated carbocycles. The van der Waals surface area contributed by atoms with Gasteiger partial charge in [-0.2, -0.15) is 0 Å². The summed E-state index contributed by atoms with van der Waals surface area (Å²) >= 11 is 0. The molecule has 2 heteroatoms. The first-order chi connectivity index (χ1) is 5.60. The molecule has 0 fully saturated rings. The molecule has 0 amide bonds. The zero-order chi connectivity index (χ0) is 9.56. The Balaban J connectivity index is 3.74. The van der Waals surface area contributed by atoms with Crippen LogP contribution in [0.15, 0.2) is 11.8 Å². The van der Waals surface area contributed by atoms with Gasteiger partial charge in [-0.05, 0) is 34.1 Å². The van der Waals surface area contributed by atoms with Crippen LogP contribution in [-0.2, 0) is 0 Å². The molecule has 1 atom stereocenters. The first-order valence-electron chi connectivity index (χ1n) is 4.77. The van der Waals surface area contributed by atoms with Crippen molar-refractivity contribution >= 4 is 0 Å². The normalized spacial score (nSPS) is 15.0. The summed E-state index contributed by atoms with van der Waals surface area (Å²) in [7, 11) is 0. The molecule has 0 aromatic rings. The lowest BCUT2D eigenvalue weighted by Gasteiger charge is -2.20. The van der Waals surface area contributed by atoms with Crippen LogP contribution in [0.1, 0.15) is 41.0 Å². The summed E-state index contributed by atoms with van der Waals surface area (Å²) < 4.78 is 0. The van der Waals surface area contributed by atoms with E-state index in [0.29, 0.717) is 12.2 Å². The number of allylic oxidation sites excluding steroid dienone is 2. The molecule has 0 aromatic carbocycles. The highest BCUT2D eigenvalue weighted by Crippen LogP contribution is 1.96. The van der Waals surface area contributed by atoms with E-state index >= 15 is 0 Å². The Morgan fingerprint density at radius 2 is 1.92 bits per heavy atom. The Labute approximate surface area is 76.4 Å². The van der Waals surface area contributed by atoms with Crippen molar-refractivity contribution in [2.75, 3.05) is 0 Å². The topological polar surface area (TPSA) is 24.1 Å². The molecule has 0 heterocycles. The molecule has 0 aromatic heterocycles. The Morgan fingerprint density at radius 1 is 1.33 bits per heavy atom. The van der Waals surface area contributed by atoms with Gasteiger partial charge in [-0.25, -0.2) is 0 Å². The van der Waals surface area contributed by atoms with Crippen LogP contribution in [0.25, 0.3) is 0 Å². The SMILES string of the molecule is C/C=C(\CC)NC(C)NC(C)C. The van der Waals surface area contributed by atoms with Crippen LogP contribution in [0.4, 0.5) is 0 Å². The fraction of sp³-hybridized carbons (Fsp3) is 0.800. The first kappa shape index (κ1) is 11.5. The van der Waals surface area contributed by atoms with Crippen LogP contribution in [0.5, 0.6) is 0 Å². The van der Waals surface area contributed by atoms with Crippen molar-refractivity contribution in [3.05, 3.63) is 11.8 Å². The van der Waals surface area contributed by atoms with Gasteiger partial charge in [-0.1, -0.05) is 13.0 Å². The number of rotatable bonds is 5. The van der Waals surface area contributed by atoms with E-state index in [-0.39, 0.29) is 0 Å². The molecule has 0 aliphatic carbocycles. The molecule has 0 saturated heterocycles. The zero-order valence-electron chi connectivity index (χ0n) is 8.94. The first-order valence-corrected chi connectivity index (χ1v) is 4.77. The fourth-order valence-electron chi connectivity index (χ4n) is 1.21. The van der Waals surface area contributed by atoms with Gasteiger partial charge in [-0.3, -0.25) is 5.32 Å². The summed E-state index contributed by atoms with van der Waals surface area (Å²) in [5.41, 5.74) is 1.30. The minimum absolute atomic E-state index is 0.358. The largest absolute Gasteiger partial charge is 0.374 e. The second-order valence-electron chi connectivity index (χ2n) is 3.35. The number of hydrogen-bond donors (Lipinski definition) is 2. The van der Waals surface area contributed by atoms with Gasteiger partial charge in [0.2, 0.25) is 0 Å². The summed E-state index contributed by atoms with van der Waals surface area (Å²) in [5.74, 6) is 0. The molecule has 0 spiro atoms. The molecule has 0 aliphatic heterocycles. The van der Waals surface area contributed by atoms with Crippen LogP contribution >= 0.6 is 0 Å². The highest BCUT2D eigenvalue weighted by Gasteiger charge is 2.02. The molecule has 2 N–H and O–H groups in total. The maximum atomic E-state index is 3.40. The molecule has 0 bridgehead atoms. The van der Waals surface area contributed by atoms with Gasteiger partial charge in [0, 0.05) is 11.7 Å². The Bertz CT molecular complexity index is 139. The molecule has 0 rings (SSSR count). The van der Waals surface area contributed by atoms with Crippen molar-refractivity contribution in [1.82, 2.24) is 10.6 Å². The highest BCUT2D eigenvalue weighted by molar-refractivity contribution is 4.97. The summed E-state index contributed by atoms with van der Waals surface area (Å²) in [6, 6.07) is 0.530. The molecular weight excluding hydrogens is 148 g/mol. The summed E-state index contributed by atoms with van der Waals surface area (Å²) in [6.07, 6.45) is 3.55. The summed E-state index contributed by atoms with van der Waals surface area (Å²) in [6.45, 7) is 10.7. The van der Waals surface area contributed by atoms with Crippen molar-refractivity contribution in [3.63, 3.8) is 0 Å². The van der Waals surface area contributed by atoms with Gasteiger partial charge in [0.05, 0.1) is 6.17 Å². The van der Waals surface area contributed by atoms with E-state index < -0.39 is 0 Å². The molecule has 0 radical (unpaired) electrons. The van der Waals surface area contributed by atoms with Crippen LogP contribution in [0.3, 0.4) is 0 Å². The van der Waals surface area contributed by atoms with E-state index in [1.165, 1.54) is 5.70 Å². The van der Waals surface area contributed by atoms with Gasteiger partial charge >= 0.3 is 0 Å². The van der Waals surface area contributed by atoms with E-state index in [4.69, 9.17) is 0 Å². The molecular formula is C10H22N2. The van der Waals surface area contributed by atoms with Crippen LogP contribution in [-0.4, -0.2) is 12.2 Å². The molecule has 72 valence electrons. The number of hydrogen-bond acceptors (Lipinski definition) is 2. The van der Waals surface area contributed by atoms with Gasteiger partial charge in [0.15, 0.2) is 0 Å². The van der Waals surface area contributed by atoms with E-state index in [9.17, 15) is 0 Å². The quantitative estimate of drug-likeness (QED) is 0.618. The lowest BCUT2D eigenvalue weighted by Crippen LogP contribution is -2.42. The second kappa shape index (κ2) is 6.06. The zero-order valence-corrected chi connectivity index (χ0v) is 8.94. The molecule has 0 aliphatic rings. The van der Waals surface area contributed by atoms with Crippen LogP contribution in [0.2, 0.25) is 0 Å². The average molecular weight is 170 g/mol. The molecule has 2 nitrogen and oxygen atoms in total.